The van der Waals surface area contributed by atoms with Crippen molar-refractivity contribution >= 4 is 45.9 Å². The van der Waals surface area contributed by atoms with E-state index in [0.717, 1.165) is 28.3 Å². The molecule has 0 saturated carbocycles. The zero-order valence-corrected chi connectivity index (χ0v) is 23.4. The first-order chi connectivity index (χ1) is 20.4. The number of carbonyl (C=O) groups excluding carboxylic acids is 2. The highest BCUT2D eigenvalue weighted by Crippen LogP contribution is 2.32. The van der Waals surface area contributed by atoms with E-state index in [4.69, 9.17) is 20.9 Å². The smallest absolute Gasteiger partial charge is 0.307 e. The van der Waals surface area contributed by atoms with Crippen LogP contribution in [0.3, 0.4) is 0 Å². The summed E-state index contributed by atoms with van der Waals surface area (Å²) in [7, 11) is 1.93. The van der Waals surface area contributed by atoms with Gasteiger partial charge in [-0.2, -0.15) is 0 Å². The summed E-state index contributed by atoms with van der Waals surface area (Å²) < 4.78 is 7.05. The number of para-hydroxylation sites is 1. The summed E-state index contributed by atoms with van der Waals surface area (Å²) in [6.07, 6.45) is 1.66. The Morgan fingerprint density at radius 1 is 1.00 bits per heavy atom. The molecule has 0 aliphatic heterocycles. The van der Waals surface area contributed by atoms with Gasteiger partial charge in [0.2, 0.25) is 0 Å². The summed E-state index contributed by atoms with van der Waals surface area (Å²) in [6, 6.07) is 25.9. The van der Waals surface area contributed by atoms with Crippen LogP contribution in [0.1, 0.15) is 29.3 Å². The van der Waals surface area contributed by atoms with Crippen LogP contribution in [0.2, 0.25) is 0 Å². The Hall–Kier alpha value is -5.51. The predicted molar refractivity (Wildman–Crippen MR) is 164 cm³/mol. The average molecular weight is 562 g/mol. The Balaban J connectivity index is 1.46. The van der Waals surface area contributed by atoms with Gasteiger partial charge in [0.15, 0.2) is 0 Å². The lowest BCUT2D eigenvalue weighted by Gasteiger charge is -2.21. The summed E-state index contributed by atoms with van der Waals surface area (Å²) >= 11 is 0. The minimum atomic E-state index is -0.377. The molecule has 0 aliphatic carbocycles. The summed E-state index contributed by atoms with van der Waals surface area (Å²) in [6.45, 7) is 2.16. The first-order valence-electron chi connectivity index (χ1n) is 13.5. The van der Waals surface area contributed by atoms with Gasteiger partial charge >= 0.3 is 5.97 Å². The Morgan fingerprint density at radius 3 is 2.45 bits per heavy atom. The number of carbonyl (C=O) groups is 2. The number of amidine groups is 1. The van der Waals surface area contributed by atoms with E-state index in [1.807, 2.05) is 54.1 Å². The van der Waals surface area contributed by atoms with Crippen molar-refractivity contribution < 1.29 is 14.3 Å². The zero-order chi connectivity index (χ0) is 29.6. The monoisotopic (exact) mass is 561 g/mol. The van der Waals surface area contributed by atoms with Crippen molar-refractivity contribution in [3.8, 4) is 11.4 Å². The molecule has 0 saturated heterocycles. The number of aromatic nitrogens is 3. The maximum Gasteiger partial charge on any atom is 0.307 e. The highest BCUT2D eigenvalue weighted by molar-refractivity contribution is 6.07. The molecule has 10 nitrogen and oxygen atoms in total. The minimum absolute atomic E-state index is 0.0154. The van der Waals surface area contributed by atoms with E-state index in [2.05, 4.69) is 10.3 Å². The highest BCUT2D eigenvalue weighted by atomic mass is 16.5. The van der Waals surface area contributed by atoms with E-state index in [-0.39, 0.29) is 37.3 Å². The molecule has 0 atom stereocenters. The maximum atomic E-state index is 13.7. The summed E-state index contributed by atoms with van der Waals surface area (Å²) in [4.78, 5) is 36.5. The number of benzene rings is 3. The highest BCUT2D eigenvalue weighted by Gasteiger charge is 2.22. The summed E-state index contributed by atoms with van der Waals surface area (Å²) in [5, 5.41) is 11.0. The van der Waals surface area contributed by atoms with Crippen LogP contribution >= 0.6 is 0 Å². The quantitative estimate of drug-likeness (QED) is 0.120. The van der Waals surface area contributed by atoms with Crippen molar-refractivity contribution in [1.82, 2.24) is 14.5 Å². The summed E-state index contributed by atoms with van der Waals surface area (Å²) in [5.74, 6) is 0.523. The molecule has 5 aromatic rings. The number of anilines is 3. The number of nitrogens with zero attached hydrogens (tertiary/aromatic N) is 4. The minimum Gasteiger partial charge on any atom is -0.466 e. The number of imidazole rings is 1. The number of aryl methyl sites for hydroxylation is 1. The number of pyridine rings is 1. The molecule has 212 valence electrons. The molecule has 0 aliphatic rings. The van der Waals surface area contributed by atoms with Gasteiger partial charge in [0, 0.05) is 47.9 Å². The molecule has 42 heavy (non-hydrogen) atoms. The van der Waals surface area contributed by atoms with Crippen LogP contribution in [0.4, 0.5) is 17.2 Å². The fourth-order valence-corrected chi connectivity index (χ4v) is 4.68. The van der Waals surface area contributed by atoms with E-state index in [1.54, 1.807) is 55.6 Å². The third kappa shape index (κ3) is 5.97. The van der Waals surface area contributed by atoms with Crippen LogP contribution in [0.5, 0.6) is 0 Å². The van der Waals surface area contributed by atoms with E-state index < -0.39 is 0 Å². The second kappa shape index (κ2) is 12.3. The molecule has 5 rings (SSSR count). The number of esters is 1. The van der Waals surface area contributed by atoms with E-state index >= 15 is 0 Å². The van der Waals surface area contributed by atoms with Crippen LogP contribution in [-0.4, -0.2) is 45.4 Å². The van der Waals surface area contributed by atoms with Crippen molar-refractivity contribution in [1.29, 1.82) is 5.41 Å². The number of nitrogens with two attached hydrogens (primary N) is 1. The third-order valence-corrected chi connectivity index (χ3v) is 6.79. The second-order valence-electron chi connectivity index (χ2n) is 9.56. The lowest BCUT2D eigenvalue weighted by molar-refractivity contribution is -0.142. The van der Waals surface area contributed by atoms with Crippen LogP contribution < -0.4 is 16.0 Å². The van der Waals surface area contributed by atoms with E-state index in [9.17, 15) is 9.59 Å². The molecule has 0 spiro atoms. The van der Waals surface area contributed by atoms with Crippen molar-refractivity contribution in [2.24, 2.45) is 12.8 Å². The molecule has 0 bridgehead atoms. The first-order valence-corrected chi connectivity index (χ1v) is 13.5. The summed E-state index contributed by atoms with van der Waals surface area (Å²) in [5.41, 5.74) is 10.8. The molecular weight excluding hydrogens is 530 g/mol. The molecule has 3 aromatic carbocycles. The lowest BCUT2D eigenvalue weighted by atomic mass is 10.1. The second-order valence-corrected chi connectivity index (χ2v) is 9.56. The van der Waals surface area contributed by atoms with Crippen molar-refractivity contribution in [3.63, 3.8) is 0 Å². The number of rotatable bonds is 10. The Morgan fingerprint density at radius 2 is 1.74 bits per heavy atom. The van der Waals surface area contributed by atoms with Crippen molar-refractivity contribution in [2.75, 3.05) is 23.4 Å². The maximum absolute atomic E-state index is 13.7. The molecule has 0 radical (unpaired) electrons. The van der Waals surface area contributed by atoms with Gasteiger partial charge in [-0.05, 0) is 73.7 Å². The normalized spacial score (nSPS) is 10.8. The number of nitrogens with one attached hydrogen (secondary N) is 2. The number of hydrogen-bond donors (Lipinski definition) is 3. The van der Waals surface area contributed by atoms with Crippen LogP contribution in [0, 0.1) is 5.41 Å². The molecule has 2 aromatic heterocycles. The molecule has 10 heteroatoms. The Kier molecular flexibility index (Phi) is 8.24. The van der Waals surface area contributed by atoms with Gasteiger partial charge < -0.3 is 20.4 Å². The van der Waals surface area contributed by atoms with Gasteiger partial charge in [-0.25, -0.2) is 9.97 Å². The van der Waals surface area contributed by atoms with Crippen LogP contribution in [-0.2, 0) is 16.6 Å². The van der Waals surface area contributed by atoms with E-state index in [0.29, 0.717) is 22.5 Å². The largest absolute Gasteiger partial charge is 0.466 e. The van der Waals surface area contributed by atoms with Gasteiger partial charge in [-0.1, -0.05) is 18.2 Å². The number of nitrogen functional groups attached to an aromatic ring is 1. The predicted octanol–water partition coefficient (Wildman–Crippen LogP) is 5.26. The molecular formula is C32H31N7O3. The first kappa shape index (κ1) is 28.0. The van der Waals surface area contributed by atoms with Crippen molar-refractivity contribution in [2.45, 2.75) is 13.3 Å². The van der Waals surface area contributed by atoms with Gasteiger partial charge in [-0.15, -0.1) is 0 Å². The third-order valence-electron chi connectivity index (χ3n) is 6.79. The number of hydrogen-bond acceptors (Lipinski definition) is 7. The average Bonchev–Trinajstić information content (AvgIpc) is 3.33. The lowest BCUT2D eigenvalue weighted by Crippen LogP contribution is -2.34. The number of fused-ring (bicyclic) bond motifs is 1. The van der Waals surface area contributed by atoms with Gasteiger partial charge in [0.1, 0.15) is 17.5 Å². The topological polar surface area (TPSA) is 139 Å². The zero-order valence-electron chi connectivity index (χ0n) is 23.4. The Labute approximate surface area is 243 Å². The molecule has 1 amide bonds. The number of ether oxygens (including phenoxy) is 1. The van der Waals surface area contributed by atoms with E-state index in [1.165, 1.54) is 4.90 Å². The molecule has 4 N–H and O–H groups in total. The fraction of sp³-hybridized carbons (Fsp3) is 0.156. The standard InChI is InChI=1S/C32H31N7O3/c1-3-42-29(40)17-19-39(28-10-6-7-18-35-28)32(41)22-13-16-27-26(20-22)37-31(38(27)2)24-8-4-5-9-25(24)36-23-14-11-21(12-15-23)30(33)34/h4-16,18,20,36H,3,17,19H2,1-2H3,(H3,33,34). The van der Waals surface area contributed by atoms with Gasteiger partial charge in [0.05, 0.1) is 24.1 Å². The van der Waals surface area contributed by atoms with Gasteiger partial charge in [-0.3, -0.25) is 19.9 Å². The number of amides is 1. The SMILES string of the molecule is CCOC(=O)CCN(C(=O)c1ccc2c(c1)nc(-c1ccccc1Nc1ccc(C(=N)N)cc1)n2C)c1ccccn1. The molecule has 0 fully saturated rings. The van der Waals surface area contributed by atoms with Crippen molar-refractivity contribution in [3.05, 3.63) is 102 Å². The van der Waals surface area contributed by atoms with Crippen LogP contribution in [0.25, 0.3) is 22.4 Å². The van der Waals surface area contributed by atoms with Crippen LogP contribution in [0.15, 0.2) is 91.1 Å². The fourth-order valence-electron chi connectivity index (χ4n) is 4.68. The van der Waals surface area contributed by atoms with Gasteiger partial charge in [0.25, 0.3) is 5.91 Å². The Bertz CT molecular complexity index is 1750. The molecule has 2 heterocycles. The molecule has 0 unspecified atom stereocenters.